The number of hydrogen-bond donors (Lipinski definition) is 1. The Hall–Kier alpha value is -0.410. The van der Waals surface area contributed by atoms with Crippen LogP contribution in [0.2, 0.25) is 0 Å². The summed E-state index contributed by atoms with van der Waals surface area (Å²) in [6, 6.07) is 3.12. The topological polar surface area (TPSA) is 20.2 Å². The lowest BCUT2D eigenvalue weighted by atomic mass is 10.1. The smallest absolute Gasteiger partial charge is 0.130 e. The number of halogens is 2. The number of aliphatic hydroxyl groups excluding tert-OH is 1. The Morgan fingerprint density at radius 2 is 2.18 bits per heavy atom. The van der Waals surface area contributed by atoms with E-state index in [4.69, 9.17) is 5.11 Å². The number of hydrogen-bond acceptors (Lipinski definition) is 1. The van der Waals surface area contributed by atoms with E-state index in [2.05, 4.69) is 15.9 Å². The normalized spacial score (nSPS) is 10.2. The van der Waals surface area contributed by atoms with E-state index in [1.807, 2.05) is 0 Å². The van der Waals surface area contributed by atoms with Gasteiger partial charge in [0.05, 0.1) is 6.61 Å². The van der Waals surface area contributed by atoms with Gasteiger partial charge in [-0.1, -0.05) is 15.9 Å². The minimum Gasteiger partial charge on any atom is -0.392 e. The maximum Gasteiger partial charge on any atom is 0.130 e. The number of benzene rings is 1. The van der Waals surface area contributed by atoms with E-state index in [-0.39, 0.29) is 12.4 Å². The van der Waals surface area contributed by atoms with Gasteiger partial charge in [0, 0.05) is 10.0 Å². The minimum atomic E-state index is -0.362. The fourth-order valence-corrected chi connectivity index (χ4v) is 1.48. The van der Waals surface area contributed by atoms with Crippen molar-refractivity contribution in [1.82, 2.24) is 0 Å². The molecule has 0 unspecified atom stereocenters. The third kappa shape index (κ3) is 1.79. The monoisotopic (exact) mass is 218 g/mol. The van der Waals surface area contributed by atoms with Crippen LogP contribution < -0.4 is 0 Å². The van der Waals surface area contributed by atoms with Gasteiger partial charge < -0.3 is 5.11 Å². The van der Waals surface area contributed by atoms with Gasteiger partial charge in [-0.2, -0.15) is 0 Å². The minimum absolute atomic E-state index is 0.245. The Morgan fingerprint density at radius 1 is 1.55 bits per heavy atom. The first-order valence-corrected chi connectivity index (χ1v) is 4.00. The molecule has 0 saturated heterocycles. The summed E-state index contributed by atoms with van der Waals surface area (Å²) >= 11 is 3.15. The molecule has 3 heteroatoms. The van der Waals surface area contributed by atoms with Crippen LogP contribution in [-0.4, -0.2) is 5.11 Å². The number of aryl methyl sites for hydroxylation is 1. The van der Waals surface area contributed by atoms with E-state index >= 15 is 0 Å². The van der Waals surface area contributed by atoms with Crippen LogP contribution in [0.5, 0.6) is 0 Å². The Balaban J connectivity index is 3.25. The third-order valence-corrected chi connectivity index (χ3v) is 2.00. The van der Waals surface area contributed by atoms with Crippen LogP contribution in [0.15, 0.2) is 16.6 Å². The van der Waals surface area contributed by atoms with Gasteiger partial charge in [-0.05, 0) is 24.6 Å². The lowest BCUT2D eigenvalue weighted by Crippen LogP contribution is -1.93. The van der Waals surface area contributed by atoms with E-state index in [1.54, 1.807) is 13.0 Å². The maximum atomic E-state index is 12.9. The number of rotatable bonds is 1. The van der Waals surface area contributed by atoms with Crippen molar-refractivity contribution in [1.29, 1.82) is 0 Å². The van der Waals surface area contributed by atoms with Crippen molar-refractivity contribution in [2.45, 2.75) is 13.5 Å². The number of aliphatic hydroxyl groups is 1. The van der Waals surface area contributed by atoms with E-state index in [9.17, 15) is 4.39 Å². The standard InChI is InChI=1S/C8H8BrFO/c1-5-2-6(9)3-8(10)7(5)4-11/h2-3,11H,4H2,1H3. The van der Waals surface area contributed by atoms with Crippen molar-refractivity contribution in [3.8, 4) is 0 Å². The summed E-state index contributed by atoms with van der Waals surface area (Å²) in [7, 11) is 0. The molecule has 1 aromatic carbocycles. The molecule has 0 amide bonds. The van der Waals surface area contributed by atoms with Crippen molar-refractivity contribution in [3.05, 3.63) is 33.5 Å². The van der Waals surface area contributed by atoms with Crippen LogP contribution in [0.3, 0.4) is 0 Å². The fraction of sp³-hybridized carbons (Fsp3) is 0.250. The highest BCUT2D eigenvalue weighted by Crippen LogP contribution is 2.19. The van der Waals surface area contributed by atoms with E-state index in [0.717, 1.165) is 5.56 Å². The predicted octanol–water partition coefficient (Wildman–Crippen LogP) is 2.39. The molecule has 0 spiro atoms. The average molecular weight is 219 g/mol. The first-order chi connectivity index (χ1) is 5.15. The molecule has 0 fully saturated rings. The van der Waals surface area contributed by atoms with Crippen LogP contribution in [0, 0.1) is 12.7 Å². The van der Waals surface area contributed by atoms with Gasteiger partial charge in [-0.25, -0.2) is 4.39 Å². The van der Waals surface area contributed by atoms with Crippen LogP contribution in [0.4, 0.5) is 4.39 Å². The summed E-state index contributed by atoms with van der Waals surface area (Å²) in [4.78, 5) is 0. The predicted molar refractivity (Wildman–Crippen MR) is 44.8 cm³/mol. The molecule has 0 aromatic heterocycles. The van der Waals surface area contributed by atoms with Crippen LogP contribution in [0.25, 0.3) is 0 Å². The van der Waals surface area contributed by atoms with Crippen molar-refractivity contribution < 1.29 is 9.50 Å². The Bertz CT molecular complexity index is 250. The van der Waals surface area contributed by atoms with E-state index < -0.39 is 0 Å². The zero-order valence-electron chi connectivity index (χ0n) is 6.06. The van der Waals surface area contributed by atoms with Crippen LogP contribution in [-0.2, 0) is 6.61 Å². The summed E-state index contributed by atoms with van der Waals surface area (Å²) in [5.74, 6) is -0.362. The second kappa shape index (κ2) is 3.32. The zero-order chi connectivity index (χ0) is 8.43. The maximum absolute atomic E-state index is 12.9. The molecule has 11 heavy (non-hydrogen) atoms. The molecule has 1 rings (SSSR count). The van der Waals surface area contributed by atoms with Gasteiger partial charge in [0.15, 0.2) is 0 Å². The van der Waals surface area contributed by atoms with Gasteiger partial charge >= 0.3 is 0 Å². The van der Waals surface area contributed by atoms with Crippen molar-refractivity contribution in [3.63, 3.8) is 0 Å². The average Bonchev–Trinajstić information content (AvgIpc) is 1.85. The van der Waals surface area contributed by atoms with Gasteiger partial charge in [0.1, 0.15) is 5.82 Å². The molecule has 1 nitrogen and oxygen atoms in total. The second-order valence-electron chi connectivity index (χ2n) is 2.34. The van der Waals surface area contributed by atoms with E-state index in [1.165, 1.54) is 6.07 Å². The van der Waals surface area contributed by atoms with Gasteiger partial charge in [-0.15, -0.1) is 0 Å². The highest BCUT2D eigenvalue weighted by molar-refractivity contribution is 9.10. The van der Waals surface area contributed by atoms with Crippen molar-refractivity contribution in [2.75, 3.05) is 0 Å². The SMILES string of the molecule is Cc1cc(Br)cc(F)c1CO. The van der Waals surface area contributed by atoms with Gasteiger partial charge in [0.2, 0.25) is 0 Å². The molecule has 1 aromatic rings. The second-order valence-corrected chi connectivity index (χ2v) is 3.26. The summed E-state index contributed by atoms with van der Waals surface area (Å²) in [5, 5.41) is 8.73. The fourth-order valence-electron chi connectivity index (χ4n) is 0.932. The third-order valence-electron chi connectivity index (χ3n) is 1.54. The first-order valence-electron chi connectivity index (χ1n) is 3.20. The summed E-state index contributed by atoms with van der Waals surface area (Å²) in [6.07, 6.45) is 0. The molecule has 60 valence electrons. The quantitative estimate of drug-likeness (QED) is 0.768. The molecular weight excluding hydrogens is 211 g/mol. The van der Waals surface area contributed by atoms with Gasteiger partial charge in [-0.3, -0.25) is 0 Å². The van der Waals surface area contributed by atoms with Crippen LogP contribution in [0.1, 0.15) is 11.1 Å². The molecule has 0 aliphatic heterocycles. The zero-order valence-corrected chi connectivity index (χ0v) is 7.65. The summed E-state index contributed by atoms with van der Waals surface area (Å²) < 4.78 is 13.6. The molecule has 0 bridgehead atoms. The summed E-state index contributed by atoms with van der Waals surface area (Å²) in [6.45, 7) is 1.52. The highest BCUT2D eigenvalue weighted by Gasteiger charge is 2.04. The molecule has 0 heterocycles. The molecule has 0 aliphatic carbocycles. The van der Waals surface area contributed by atoms with Crippen molar-refractivity contribution >= 4 is 15.9 Å². The Morgan fingerprint density at radius 3 is 2.64 bits per heavy atom. The highest BCUT2D eigenvalue weighted by atomic mass is 79.9. The molecular formula is C8H8BrFO. The molecule has 0 radical (unpaired) electrons. The molecule has 0 atom stereocenters. The first kappa shape index (κ1) is 8.68. The van der Waals surface area contributed by atoms with E-state index in [0.29, 0.717) is 10.0 Å². The summed E-state index contributed by atoms with van der Waals surface area (Å²) in [5.41, 5.74) is 1.13. The Kier molecular flexibility index (Phi) is 2.62. The molecule has 1 N–H and O–H groups in total. The molecule has 0 saturated carbocycles. The van der Waals surface area contributed by atoms with Crippen molar-refractivity contribution in [2.24, 2.45) is 0 Å². The Labute approximate surface area is 73.0 Å². The van der Waals surface area contributed by atoms with Gasteiger partial charge in [0.25, 0.3) is 0 Å². The largest absolute Gasteiger partial charge is 0.392 e. The lowest BCUT2D eigenvalue weighted by Gasteiger charge is -2.03. The van der Waals surface area contributed by atoms with Crippen LogP contribution >= 0.6 is 15.9 Å². The lowest BCUT2D eigenvalue weighted by molar-refractivity contribution is 0.275. The molecule has 0 aliphatic rings.